The summed E-state index contributed by atoms with van der Waals surface area (Å²) in [4.78, 5) is 0. The second-order valence-electron chi connectivity index (χ2n) is 8.32. The molecule has 0 aromatic carbocycles. The van der Waals surface area contributed by atoms with Crippen molar-refractivity contribution in [2.45, 2.75) is 116 Å². The molecule has 0 saturated heterocycles. The first kappa shape index (κ1) is 28.8. The van der Waals surface area contributed by atoms with E-state index in [0.717, 1.165) is 13.0 Å². The molecule has 0 aliphatic carbocycles. The van der Waals surface area contributed by atoms with Crippen molar-refractivity contribution >= 4 is 0 Å². The molecule has 0 heterocycles. The Balaban J connectivity index is 3.25. The van der Waals surface area contributed by atoms with Crippen LogP contribution < -0.4 is 0 Å². The molecule has 0 aliphatic rings. The Labute approximate surface area is 182 Å². The number of ether oxygens (including phenoxy) is 4. The summed E-state index contributed by atoms with van der Waals surface area (Å²) < 4.78 is 21.6. The van der Waals surface area contributed by atoms with Crippen LogP contribution in [0.25, 0.3) is 0 Å². The zero-order valence-corrected chi connectivity index (χ0v) is 20.1. The molecule has 0 saturated carbocycles. The van der Waals surface area contributed by atoms with Crippen LogP contribution in [0, 0.1) is 0 Å². The van der Waals surface area contributed by atoms with E-state index in [1.807, 2.05) is 0 Å². The standard InChI is InChI=1S/C25H52O4/c1-4-5-6-7-8-9-10-11-12-13-14-15-16-17-18-19-20-29-25(23-27-3)24-28-22-21-26-2/h25H,4-24H2,1-3H3. The van der Waals surface area contributed by atoms with Crippen molar-refractivity contribution in [1.82, 2.24) is 0 Å². The molecule has 1 atom stereocenters. The maximum absolute atomic E-state index is 5.89. The van der Waals surface area contributed by atoms with Crippen molar-refractivity contribution in [2.75, 3.05) is 47.3 Å². The summed E-state index contributed by atoms with van der Waals surface area (Å²) in [6.07, 6.45) is 22.3. The van der Waals surface area contributed by atoms with Crippen LogP contribution in [-0.4, -0.2) is 53.4 Å². The quantitative estimate of drug-likeness (QED) is 0.151. The molecule has 4 nitrogen and oxygen atoms in total. The SMILES string of the molecule is CCCCCCCCCCCCCCCCCCOC(COC)COCCOC. The van der Waals surface area contributed by atoms with Gasteiger partial charge in [-0.1, -0.05) is 103 Å². The summed E-state index contributed by atoms with van der Waals surface area (Å²) in [5.74, 6) is 0. The molecule has 176 valence electrons. The zero-order chi connectivity index (χ0) is 21.3. The Kier molecular flexibility index (Phi) is 25.7. The summed E-state index contributed by atoms with van der Waals surface area (Å²) in [5.41, 5.74) is 0. The minimum atomic E-state index is 0.0354. The van der Waals surface area contributed by atoms with Gasteiger partial charge in [-0.15, -0.1) is 0 Å². The van der Waals surface area contributed by atoms with Crippen LogP contribution in [-0.2, 0) is 18.9 Å². The molecule has 0 aliphatic heterocycles. The van der Waals surface area contributed by atoms with Gasteiger partial charge in [0.25, 0.3) is 0 Å². The fourth-order valence-electron chi connectivity index (χ4n) is 3.59. The number of unbranched alkanes of at least 4 members (excludes halogenated alkanes) is 15. The van der Waals surface area contributed by atoms with Crippen LogP contribution >= 0.6 is 0 Å². The fraction of sp³-hybridized carbons (Fsp3) is 1.00. The van der Waals surface area contributed by atoms with Gasteiger partial charge in [-0.25, -0.2) is 0 Å². The van der Waals surface area contributed by atoms with E-state index < -0.39 is 0 Å². The van der Waals surface area contributed by atoms with E-state index in [1.54, 1.807) is 14.2 Å². The van der Waals surface area contributed by atoms with E-state index in [4.69, 9.17) is 18.9 Å². The highest BCUT2D eigenvalue weighted by Crippen LogP contribution is 2.13. The number of hydrogen-bond donors (Lipinski definition) is 0. The third kappa shape index (κ3) is 24.0. The molecule has 0 aromatic heterocycles. The number of rotatable bonds is 25. The third-order valence-electron chi connectivity index (χ3n) is 5.44. The molecule has 0 N–H and O–H groups in total. The molecule has 4 heteroatoms. The highest BCUT2D eigenvalue weighted by molar-refractivity contribution is 4.56. The molecule has 0 bridgehead atoms. The molecule has 0 radical (unpaired) electrons. The average Bonchev–Trinajstić information content (AvgIpc) is 2.73. The lowest BCUT2D eigenvalue weighted by Crippen LogP contribution is -2.26. The van der Waals surface area contributed by atoms with Gasteiger partial charge in [-0.05, 0) is 6.42 Å². The average molecular weight is 417 g/mol. The van der Waals surface area contributed by atoms with Gasteiger partial charge in [-0.3, -0.25) is 0 Å². The lowest BCUT2D eigenvalue weighted by molar-refractivity contribution is -0.0581. The van der Waals surface area contributed by atoms with Crippen LogP contribution in [0.1, 0.15) is 110 Å². The van der Waals surface area contributed by atoms with Gasteiger partial charge in [-0.2, -0.15) is 0 Å². The second kappa shape index (κ2) is 25.9. The highest BCUT2D eigenvalue weighted by atomic mass is 16.6. The molecule has 0 amide bonds. The topological polar surface area (TPSA) is 36.9 Å². The maximum Gasteiger partial charge on any atom is 0.104 e. The van der Waals surface area contributed by atoms with Crippen molar-refractivity contribution in [3.8, 4) is 0 Å². The highest BCUT2D eigenvalue weighted by Gasteiger charge is 2.08. The van der Waals surface area contributed by atoms with E-state index in [9.17, 15) is 0 Å². The lowest BCUT2D eigenvalue weighted by Gasteiger charge is -2.17. The molecule has 0 fully saturated rings. The van der Waals surface area contributed by atoms with Gasteiger partial charge in [0, 0.05) is 20.8 Å². The molecule has 1 unspecified atom stereocenters. The Morgan fingerprint density at radius 2 is 0.966 bits per heavy atom. The molecular formula is C25H52O4. The van der Waals surface area contributed by atoms with E-state index in [2.05, 4.69) is 6.92 Å². The van der Waals surface area contributed by atoms with Gasteiger partial charge >= 0.3 is 0 Å². The third-order valence-corrected chi connectivity index (χ3v) is 5.44. The first-order valence-electron chi connectivity index (χ1n) is 12.5. The first-order chi connectivity index (χ1) is 14.3. The van der Waals surface area contributed by atoms with Crippen molar-refractivity contribution in [2.24, 2.45) is 0 Å². The molecule has 29 heavy (non-hydrogen) atoms. The lowest BCUT2D eigenvalue weighted by atomic mass is 10.0. The Bertz CT molecular complexity index is 286. The minimum Gasteiger partial charge on any atom is -0.382 e. The fourth-order valence-corrected chi connectivity index (χ4v) is 3.59. The molecule has 0 spiro atoms. The van der Waals surface area contributed by atoms with Crippen LogP contribution in [0.15, 0.2) is 0 Å². The van der Waals surface area contributed by atoms with Gasteiger partial charge in [0.2, 0.25) is 0 Å². The Morgan fingerprint density at radius 3 is 1.41 bits per heavy atom. The normalized spacial score (nSPS) is 12.5. The first-order valence-corrected chi connectivity index (χ1v) is 12.5. The Hall–Kier alpha value is -0.160. The van der Waals surface area contributed by atoms with Crippen molar-refractivity contribution in [3.05, 3.63) is 0 Å². The minimum absolute atomic E-state index is 0.0354. The van der Waals surface area contributed by atoms with Crippen LogP contribution in [0.4, 0.5) is 0 Å². The summed E-state index contributed by atoms with van der Waals surface area (Å²) in [5, 5.41) is 0. The van der Waals surface area contributed by atoms with Crippen molar-refractivity contribution in [1.29, 1.82) is 0 Å². The molecule has 0 rings (SSSR count). The summed E-state index contributed by atoms with van der Waals surface area (Å²) in [7, 11) is 3.39. The predicted octanol–water partition coefficient (Wildman–Crippen LogP) is 6.94. The Morgan fingerprint density at radius 1 is 0.483 bits per heavy atom. The smallest absolute Gasteiger partial charge is 0.104 e. The van der Waals surface area contributed by atoms with Crippen molar-refractivity contribution in [3.63, 3.8) is 0 Å². The summed E-state index contributed by atoms with van der Waals surface area (Å²) in [6, 6.07) is 0. The zero-order valence-electron chi connectivity index (χ0n) is 20.1. The van der Waals surface area contributed by atoms with Gasteiger partial charge in [0.15, 0.2) is 0 Å². The van der Waals surface area contributed by atoms with Crippen LogP contribution in [0.5, 0.6) is 0 Å². The van der Waals surface area contributed by atoms with Crippen molar-refractivity contribution < 1.29 is 18.9 Å². The van der Waals surface area contributed by atoms with E-state index in [1.165, 1.54) is 96.3 Å². The maximum atomic E-state index is 5.89. The summed E-state index contributed by atoms with van der Waals surface area (Å²) >= 11 is 0. The second-order valence-corrected chi connectivity index (χ2v) is 8.32. The van der Waals surface area contributed by atoms with Gasteiger partial charge in [0.05, 0.1) is 26.4 Å². The van der Waals surface area contributed by atoms with Crippen LogP contribution in [0.3, 0.4) is 0 Å². The summed E-state index contributed by atoms with van der Waals surface area (Å²) in [6.45, 7) is 5.50. The largest absolute Gasteiger partial charge is 0.382 e. The van der Waals surface area contributed by atoms with Gasteiger partial charge < -0.3 is 18.9 Å². The van der Waals surface area contributed by atoms with E-state index >= 15 is 0 Å². The van der Waals surface area contributed by atoms with E-state index in [0.29, 0.717) is 26.4 Å². The number of hydrogen-bond acceptors (Lipinski definition) is 4. The monoisotopic (exact) mass is 416 g/mol. The molecular weight excluding hydrogens is 364 g/mol. The van der Waals surface area contributed by atoms with Gasteiger partial charge in [0.1, 0.15) is 6.10 Å². The predicted molar refractivity (Wildman–Crippen MR) is 124 cm³/mol. The van der Waals surface area contributed by atoms with Crippen LogP contribution in [0.2, 0.25) is 0 Å². The number of methoxy groups -OCH3 is 2. The van der Waals surface area contributed by atoms with E-state index in [-0.39, 0.29) is 6.10 Å². The molecule has 0 aromatic rings.